The van der Waals surface area contributed by atoms with Gasteiger partial charge in [0.05, 0.1) is 22.3 Å². The van der Waals surface area contributed by atoms with Crippen molar-refractivity contribution in [1.82, 2.24) is 14.5 Å². The molecule has 4 heteroatoms. The van der Waals surface area contributed by atoms with Crippen LogP contribution in [-0.2, 0) is 0 Å². The lowest BCUT2D eigenvalue weighted by molar-refractivity contribution is 0.466. The van der Waals surface area contributed by atoms with Crippen LogP contribution in [0, 0.1) is 6.92 Å². The highest BCUT2D eigenvalue weighted by molar-refractivity contribution is 5.98. The van der Waals surface area contributed by atoms with Gasteiger partial charge in [-0.1, -0.05) is 156 Å². The van der Waals surface area contributed by atoms with E-state index in [1.165, 1.54) is 5.56 Å². The van der Waals surface area contributed by atoms with E-state index < -0.39 is 5.89 Å². The minimum absolute atomic E-state index is 0.0882. The van der Waals surface area contributed by atoms with Crippen molar-refractivity contribution in [3.63, 3.8) is 0 Å². The first kappa shape index (κ1) is 39.1. The summed E-state index contributed by atoms with van der Waals surface area (Å²) in [7, 11) is 0. The Morgan fingerprint density at radius 2 is 1.16 bits per heavy atom. The van der Waals surface area contributed by atoms with E-state index >= 15 is 0 Å². The summed E-state index contributed by atoms with van der Waals surface area (Å²) in [6, 6.07) is 57.5. The molecule has 7 aromatic carbocycles. The summed E-state index contributed by atoms with van der Waals surface area (Å²) in [6.07, 6.45) is 1.90. The van der Waals surface area contributed by atoms with Gasteiger partial charge in [0, 0.05) is 24.4 Å². The molecule has 0 aliphatic heterocycles. The summed E-state index contributed by atoms with van der Waals surface area (Å²) in [4.78, 5) is 10.5. The average Bonchev–Trinajstić information content (AvgIpc) is 3.69. The molecule has 1 N–H and O–H groups in total. The molecule has 0 bridgehead atoms. The van der Waals surface area contributed by atoms with Crippen LogP contribution in [0.1, 0.15) is 82.9 Å². The number of imidazole rings is 1. The Morgan fingerprint density at radius 3 is 1.82 bits per heavy atom. The minimum atomic E-state index is -0.884. The fourth-order valence-corrected chi connectivity index (χ4v) is 8.47. The van der Waals surface area contributed by atoms with Gasteiger partial charge in [-0.25, -0.2) is 4.98 Å². The predicted molar refractivity (Wildman–Crippen MR) is 260 cm³/mol. The number of hydrogen-bond acceptors (Lipinski definition) is 3. The molecule has 0 amide bonds. The first-order valence-corrected chi connectivity index (χ1v) is 21.7. The molecule has 62 heavy (non-hydrogen) atoms. The van der Waals surface area contributed by atoms with Gasteiger partial charge in [-0.2, -0.15) is 0 Å². The van der Waals surface area contributed by atoms with E-state index in [1.54, 1.807) is 0 Å². The van der Waals surface area contributed by atoms with E-state index in [4.69, 9.17) is 9.97 Å². The number of para-hydroxylation sites is 1. The van der Waals surface area contributed by atoms with Crippen LogP contribution in [0.3, 0.4) is 0 Å². The van der Waals surface area contributed by atoms with E-state index in [9.17, 15) is 6.48 Å². The van der Waals surface area contributed by atoms with E-state index in [2.05, 4.69) is 179 Å². The second-order valence-corrected chi connectivity index (χ2v) is 17.4. The predicted octanol–water partition coefficient (Wildman–Crippen LogP) is 15.8. The zero-order valence-electron chi connectivity index (χ0n) is 37.6. The van der Waals surface area contributed by atoms with Crippen LogP contribution in [0.15, 0.2) is 170 Å². The third-order valence-corrected chi connectivity index (χ3v) is 12.0. The Kier molecular flexibility index (Phi) is 10.6. The molecule has 2 heterocycles. The van der Waals surface area contributed by atoms with E-state index in [0.29, 0.717) is 11.4 Å². The first-order chi connectivity index (χ1) is 30.3. The van der Waals surface area contributed by atoms with Gasteiger partial charge in [0.25, 0.3) is 0 Å². The standard InChI is InChI=1S/C58H53N3O/c1-36(2)44-27-47(41-17-12-9-13-18-41)32-50(31-44)61-55-20-14-19-51(56(55)60-58(61)53-34-45(37(3)4)33-52(38(5)6)57(53)62)48-28-46(40-15-10-8-11-16-40)29-49(30-48)54-35-43(25-26-59-54)42-23-21-39(7)22-24-42/h8-38,62H,1-7H3/i36D. The fourth-order valence-electron chi connectivity index (χ4n) is 8.47. The number of pyridine rings is 1. The van der Waals surface area contributed by atoms with Crippen molar-refractivity contribution in [2.45, 2.75) is 66.2 Å². The van der Waals surface area contributed by atoms with Gasteiger partial charge in [-0.3, -0.25) is 9.55 Å². The number of rotatable bonds is 10. The third-order valence-electron chi connectivity index (χ3n) is 12.0. The molecule has 9 rings (SSSR count). The molecular weight excluding hydrogens is 755 g/mol. The summed E-state index contributed by atoms with van der Waals surface area (Å²) >= 11 is 0. The highest BCUT2D eigenvalue weighted by Crippen LogP contribution is 2.44. The number of nitrogens with zero attached hydrogens (tertiary/aromatic N) is 3. The Morgan fingerprint density at radius 1 is 0.516 bits per heavy atom. The molecule has 2 aromatic heterocycles. The van der Waals surface area contributed by atoms with Gasteiger partial charge < -0.3 is 5.11 Å². The smallest absolute Gasteiger partial charge is 0.149 e. The van der Waals surface area contributed by atoms with Gasteiger partial charge in [0.2, 0.25) is 0 Å². The number of aryl methyl sites for hydroxylation is 1. The SMILES string of the molecule is [2H]C(C)(C)c1cc(-c2ccccc2)cc(-n2c(-c3cc(C(C)C)cc(C(C)C)c3O)nc3c(-c4cc(-c5ccccc5)cc(-c5cc(-c6ccc(C)cc6)ccn5)c4)cccc32)c1. The van der Waals surface area contributed by atoms with Gasteiger partial charge >= 0.3 is 0 Å². The van der Waals surface area contributed by atoms with Crippen molar-refractivity contribution < 1.29 is 6.48 Å². The molecule has 0 aliphatic carbocycles. The van der Waals surface area contributed by atoms with Crippen molar-refractivity contribution >= 4 is 11.0 Å². The number of phenols is 1. The molecule has 0 saturated carbocycles. The lowest BCUT2D eigenvalue weighted by Crippen LogP contribution is -2.03. The average molecular weight is 809 g/mol. The zero-order valence-corrected chi connectivity index (χ0v) is 36.6. The highest BCUT2D eigenvalue weighted by atomic mass is 16.3. The largest absolute Gasteiger partial charge is 0.507 e. The second kappa shape index (κ2) is 16.8. The number of benzene rings is 7. The van der Waals surface area contributed by atoms with Crippen LogP contribution in [0.25, 0.3) is 83.9 Å². The van der Waals surface area contributed by atoms with Gasteiger partial charge in [-0.05, 0) is 135 Å². The van der Waals surface area contributed by atoms with Gasteiger partial charge in [-0.15, -0.1) is 0 Å². The summed E-state index contributed by atoms with van der Waals surface area (Å²) < 4.78 is 11.4. The summed E-state index contributed by atoms with van der Waals surface area (Å²) in [5.74, 6) is 0.311. The highest BCUT2D eigenvalue weighted by Gasteiger charge is 2.24. The zero-order chi connectivity index (χ0) is 44.0. The summed E-state index contributed by atoms with van der Waals surface area (Å²) in [5.41, 5.74) is 17.7. The molecule has 0 aliphatic rings. The molecule has 306 valence electrons. The van der Waals surface area contributed by atoms with Crippen LogP contribution in [-0.4, -0.2) is 19.6 Å². The van der Waals surface area contributed by atoms with Crippen molar-refractivity contribution in [1.29, 1.82) is 0 Å². The van der Waals surface area contributed by atoms with Crippen LogP contribution in [0.2, 0.25) is 0 Å². The minimum Gasteiger partial charge on any atom is -0.507 e. The Balaban J connectivity index is 1.34. The topological polar surface area (TPSA) is 50.9 Å². The maximum Gasteiger partial charge on any atom is 0.149 e. The molecule has 0 saturated heterocycles. The van der Waals surface area contributed by atoms with Crippen LogP contribution in [0.5, 0.6) is 5.75 Å². The Hall–Kier alpha value is -7.04. The van der Waals surface area contributed by atoms with E-state index in [1.807, 2.05) is 44.3 Å². The lowest BCUT2D eigenvalue weighted by atomic mass is 9.91. The molecule has 9 aromatic rings. The van der Waals surface area contributed by atoms with Crippen LogP contribution in [0.4, 0.5) is 0 Å². The molecule has 0 atom stereocenters. The molecule has 0 radical (unpaired) electrons. The molecule has 0 spiro atoms. The molecule has 0 unspecified atom stereocenters. The monoisotopic (exact) mass is 808 g/mol. The Labute approximate surface area is 367 Å². The molecule has 0 fully saturated rings. The maximum absolute atomic E-state index is 12.3. The quantitative estimate of drug-likeness (QED) is 0.150. The number of hydrogen-bond donors (Lipinski definition) is 1. The molecular formula is C58H53N3O. The van der Waals surface area contributed by atoms with Crippen molar-refractivity contribution in [3.8, 4) is 78.6 Å². The third kappa shape index (κ3) is 7.85. The van der Waals surface area contributed by atoms with Crippen LogP contribution >= 0.6 is 0 Å². The molecule has 4 nitrogen and oxygen atoms in total. The van der Waals surface area contributed by atoms with E-state index in [0.717, 1.165) is 89.2 Å². The van der Waals surface area contributed by atoms with Gasteiger partial charge in [0.1, 0.15) is 11.6 Å². The van der Waals surface area contributed by atoms with Gasteiger partial charge in [0.15, 0.2) is 0 Å². The van der Waals surface area contributed by atoms with Crippen molar-refractivity contribution in [3.05, 3.63) is 192 Å². The van der Waals surface area contributed by atoms with E-state index in [-0.39, 0.29) is 17.6 Å². The van der Waals surface area contributed by atoms with Crippen LogP contribution < -0.4 is 0 Å². The normalized spacial score (nSPS) is 12.0. The van der Waals surface area contributed by atoms with Crippen molar-refractivity contribution in [2.24, 2.45) is 0 Å². The Bertz CT molecular complexity index is 3100. The number of aromatic hydroxyl groups is 1. The summed E-state index contributed by atoms with van der Waals surface area (Å²) in [5, 5.41) is 12.3. The van der Waals surface area contributed by atoms with Crippen molar-refractivity contribution in [2.75, 3.05) is 0 Å². The fraction of sp³-hybridized carbons (Fsp3) is 0.172. The summed E-state index contributed by atoms with van der Waals surface area (Å²) in [6.45, 7) is 14.6. The number of aromatic nitrogens is 3. The number of fused-ring (bicyclic) bond motifs is 1. The lowest BCUT2D eigenvalue weighted by Gasteiger charge is -2.19. The first-order valence-electron chi connectivity index (χ1n) is 22.2. The maximum atomic E-state index is 12.3. The second-order valence-electron chi connectivity index (χ2n) is 17.4. The number of phenolic OH excluding ortho intramolecular Hbond substituents is 1.